The summed E-state index contributed by atoms with van der Waals surface area (Å²) in [4.78, 5) is 6.94. The number of rotatable bonds is 6. The molecule has 1 saturated heterocycles. The zero-order chi connectivity index (χ0) is 17.6. The van der Waals surface area contributed by atoms with E-state index < -0.39 is 0 Å². The fraction of sp³-hybridized carbons (Fsp3) is 0.579. The molecule has 6 nitrogen and oxygen atoms in total. The summed E-state index contributed by atoms with van der Waals surface area (Å²) in [7, 11) is 1.66. The van der Waals surface area contributed by atoms with Crippen molar-refractivity contribution in [3.05, 3.63) is 29.7 Å². The van der Waals surface area contributed by atoms with Gasteiger partial charge in [0.2, 0.25) is 11.7 Å². The van der Waals surface area contributed by atoms with Crippen LogP contribution in [0.25, 0.3) is 11.4 Å². The summed E-state index contributed by atoms with van der Waals surface area (Å²) in [6, 6.07) is 6.30. The molecule has 2 aromatic rings. The minimum atomic E-state index is 0.222. The molecular weight excluding hydrogens is 318 g/mol. The minimum Gasteiger partial charge on any atom is -0.496 e. The summed E-state index contributed by atoms with van der Waals surface area (Å²) in [5.74, 6) is 2.03. The second kappa shape index (κ2) is 8.45. The molecular formula is C19H27N3O3. The SMILES string of the molecule is COc1cc(-c2noc(CN3CCCCCC3CCO)n2)ccc1C. The average molecular weight is 345 g/mol. The fourth-order valence-electron chi connectivity index (χ4n) is 3.49. The van der Waals surface area contributed by atoms with Crippen molar-refractivity contribution in [3.63, 3.8) is 0 Å². The lowest BCUT2D eigenvalue weighted by Gasteiger charge is -2.27. The number of likely N-dealkylation sites (tertiary alicyclic amines) is 1. The van der Waals surface area contributed by atoms with Crippen LogP contribution in [-0.4, -0.2) is 46.5 Å². The van der Waals surface area contributed by atoms with Crippen LogP contribution in [0.15, 0.2) is 22.7 Å². The summed E-state index contributed by atoms with van der Waals surface area (Å²) in [5, 5.41) is 13.5. The standard InChI is InChI=1S/C19H27N3O3/c1-14-7-8-15(12-17(14)24-2)19-20-18(25-21-19)13-22-10-5-3-4-6-16(22)9-11-23/h7-8,12,16,23H,3-6,9-11,13H2,1-2H3. The van der Waals surface area contributed by atoms with E-state index in [0.29, 0.717) is 24.3 Å². The van der Waals surface area contributed by atoms with Gasteiger partial charge in [-0.1, -0.05) is 30.1 Å². The van der Waals surface area contributed by atoms with E-state index in [0.717, 1.165) is 36.3 Å². The Labute approximate surface area is 148 Å². The average Bonchev–Trinajstić information content (AvgIpc) is 2.97. The van der Waals surface area contributed by atoms with Crippen LogP contribution in [-0.2, 0) is 6.54 Å². The number of hydrogen-bond acceptors (Lipinski definition) is 6. The third-order valence-electron chi connectivity index (χ3n) is 4.93. The molecule has 1 aliphatic heterocycles. The van der Waals surface area contributed by atoms with Crippen molar-refractivity contribution in [3.8, 4) is 17.1 Å². The first-order valence-corrected chi connectivity index (χ1v) is 9.03. The lowest BCUT2D eigenvalue weighted by molar-refractivity contribution is 0.137. The maximum atomic E-state index is 9.33. The van der Waals surface area contributed by atoms with Crippen LogP contribution in [0.5, 0.6) is 5.75 Å². The highest BCUT2D eigenvalue weighted by atomic mass is 16.5. The molecule has 6 heteroatoms. The lowest BCUT2D eigenvalue weighted by atomic mass is 10.1. The van der Waals surface area contributed by atoms with Gasteiger partial charge in [0.15, 0.2) is 0 Å². The molecule has 1 aromatic heterocycles. The van der Waals surface area contributed by atoms with Crippen LogP contribution >= 0.6 is 0 Å². The molecule has 1 fully saturated rings. The maximum absolute atomic E-state index is 9.33. The number of benzene rings is 1. The van der Waals surface area contributed by atoms with E-state index in [1.807, 2.05) is 25.1 Å². The number of methoxy groups -OCH3 is 1. The Morgan fingerprint density at radius 1 is 1.32 bits per heavy atom. The molecule has 1 N–H and O–H groups in total. The zero-order valence-electron chi connectivity index (χ0n) is 15.1. The van der Waals surface area contributed by atoms with Crippen LogP contribution in [0.2, 0.25) is 0 Å². The highest BCUT2D eigenvalue weighted by Gasteiger charge is 2.23. The Morgan fingerprint density at radius 2 is 2.20 bits per heavy atom. The Kier molecular flexibility index (Phi) is 6.04. The molecule has 1 atom stereocenters. The highest BCUT2D eigenvalue weighted by Crippen LogP contribution is 2.26. The van der Waals surface area contributed by atoms with Crippen molar-refractivity contribution >= 4 is 0 Å². The van der Waals surface area contributed by atoms with Gasteiger partial charge in [-0.15, -0.1) is 0 Å². The van der Waals surface area contributed by atoms with Crippen LogP contribution in [0.1, 0.15) is 43.6 Å². The van der Waals surface area contributed by atoms with E-state index in [1.165, 1.54) is 19.3 Å². The maximum Gasteiger partial charge on any atom is 0.241 e. The van der Waals surface area contributed by atoms with Gasteiger partial charge < -0.3 is 14.4 Å². The Morgan fingerprint density at radius 3 is 3.00 bits per heavy atom. The predicted molar refractivity (Wildman–Crippen MR) is 95.4 cm³/mol. The Bertz CT molecular complexity index is 686. The molecule has 3 rings (SSSR count). The molecule has 0 aliphatic carbocycles. The lowest BCUT2D eigenvalue weighted by Crippen LogP contribution is -2.35. The van der Waals surface area contributed by atoms with E-state index in [9.17, 15) is 5.11 Å². The monoisotopic (exact) mass is 345 g/mol. The molecule has 0 amide bonds. The first-order valence-electron chi connectivity index (χ1n) is 9.03. The fourth-order valence-corrected chi connectivity index (χ4v) is 3.49. The van der Waals surface area contributed by atoms with Crippen molar-refractivity contribution in [2.24, 2.45) is 0 Å². The first kappa shape index (κ1) is 17.9. The summed E-state index contributed by atoms with van der Waals surface area (Å²) < 4.78 is 10.9. The molecule has 0 bridgehead atoms. The molecule has 0 spiro atoms. The van der Waals surface area contributed by atoms with Gasteiger partial charge in [0.1, 0.15) is 5.75 Å². The van der Waals surface area contributed by atoms with Gasteiger partial charge in [0.25, 0.3) is 0 Å². The third kappa shape index (κ3) is 4.38. The van der Waals surface area contributed by atoms with E-state index in [2.05, 4.69) is 15.0 Å². The quantitative estimate of drug-likeness (QED) is 0.867. The van der Waals surface area contributed by atoms with Crippen LogP contribution in [0.4, 0.5) is 0 Å². The smallest absolute Gasteiger partial charge is 0.241 e. The number of aryl methyl sites for hydroxylation is 1. The van der Waals surface area contributed by atoms with Crippen LogP contribution < -0.4 is 4.74 Å². The highest BCUT2D eigenvalue weighted by molar-refractivity contribution is 5.58. The van der Waals surface area contributed by atoms with Crippen molar-refractivity contribution < 1.29 is 14.4 Å². The van der Waals surface area contributed by atoms with Crippen molar-refractivity contribution in [2.75, 3.05) is 20.3 Å². The minimum absolute atomic E-state index is 0.222. The molecule has 0 saturated carbocycles. The van der Waals surface area contributed by atoms with Gasteiger partial charge in [-0.25, -0.2) is 0 Å². The zero-order valence-corrected chi connectivity index (χ0v) is 15.1. The Hall–Kier alpha value is -1.92. The van der Waals surface area contributed by atoms with Gasteiger partial charge >= 0.3 is 0 Å². The number of aliphatic hydroxyl groups is 1. The number of aromatic nitrogens is 2. The van der Waals surface area contributed by atoms with E-state index in [-0.39, 0.29) is 6.61 Å². The topological polar surface area (TPSA) is 71.6 Å². The number of aliphatic hydroxyl groups excluding tert-OH is 1. The van der Waals surface area contributed by atoms with Crippen molar-refractivity contribution in [2.45, 2.75) is 51.6 Å². The van der Waals surface area contributed by atoms with Gasteiger partial charge in [0, 0.05) is 18.2 Å². The second-order valence-corrected chi connectivity index (χ2v) is 6.68. The van der Waals surface area contributed by atoms with E-state index in [1.54, 1.807) is 7.11 Å². The second-order valence-electron chi connectivity index (χ2n) is 6.68. The van der Waals surface area contributed by atoms with Crippen molar-refractivity contribution in [1.82, 2.24) is 15.0 Å². The first-order chi connectivity index (χ1) is 12.2. The largest absolute Gasteiger partial charge is 0.496 e. The molecule has 1 aliphatic rings. The predicted octanol–water partition coefficient (Wildman–Crippen LogP) is 3.18. The van der Waals surface area contributed by atoms with E-state index >= 15 is 0 Å². The summed E-state index contributed by atoms with van der Waals surface area (Å²) >= 11 is 0. The molecule has 25 heavy (non-hydrogen) atoms. The molecule has 2 heterocycles. The third-order valence-corrected chi connectivity index (χ3v) is 4.93. The molecule has 0 radical (unpaired) electrons. The van der Waals surface area contributed by atoms with Gasteiger partial charge in [-0.3, -0.25) is 4.90 Å². The number of nitrogens with zero attached hydrogens (tertiary/aromatic N) is 3. The van der Waals surface area contributed by atoms with E-state index in [4.69, 9.17) is 9.26 Å². The molecule has 1 aromatic carbocycles. The Balaban J connectivity index is 1.74. The van der Waals surface area contributed by atoms with Crippen LogP contribution in [0.3, 0.4) is 0 Å². The molecule has 136 valence electrons. The van der Waals surface area contributed by atoms with Crippen molar-refractivity contribution in [1.29, 1.82) is 0 Å². The van der Waals surface area contributed by atoms with Crippen LogP contribution in [0, 0.1) is 6.92 Å². The van der Waals surface area contributed by atoms with Gasteiger partial charge in [-0.2, -0.15) is 4.98 Å². The summed E-state index contributed by atoms with van der Waals surface area (Å²) in [6.07, 6.45) is 5.57. The van der Waals surface area contributed by atoms with Gasteiger partial charge in [0.05, 0.1) is 13.7 Å². The number of hydrogen-bond donors (Lipinski definition) is 1. The summed E-state index contributed by atoms with van der Waals surface area (Å²) in [6.45, 7) is 3.88. The normalized spacial score (nSPS) is 18.9. The number of ether oxygens (including phenoxy) is 1. The molecule has 1 unspecified atom stereocenters. The van der Waals surface area contributed by atoms with Gasteiger partial charge in [-0.05, 0) is 44.4 Å². The summed E-state index contributed by atoms with van der Waals surface area (Å²) in [5.41, 5.74) is 1.96.